The minimum atomic E-state index is -0.591. The molecule has 0 radical (unpaired) electrons. The van der Waals surface area contributed by atoms with Crippen molar-refractivity contribution in [2.24, 2.45) is 5.73 Å². The molecule has 0 aliphatic carbocycles. The van der Waals surface area contributed by atoms with Crippen molar-refractivity contribution in [3.8, 4) is 11.5 Å². The Hall–Kier alpha value is -2.99. The lowest BCUT2D eigenvalue weighted by Gasteiger charge is -2.13. The summed E-state index contributed by atoms with van der Waals surface area (Å²) in [7, 11) is 1.46. The van der Waals surface area contributed by atoms with Crippen LogP contribution in [-0.4, -0.2) is 23.1 Å². The van der Waals surface area contributed by atoms with Crippen molar-refractivity contribution in [2.45, 2.75) is 0 Å². The lowest BCUT2D eigenvalue weighted by atomic mass is 10.1. The number of hydrogen-bond donors (Lipinski definition) is 3. The molecule has 122 valence electrons. The first kappa shape index (κ1) is 15.9. The third-order valence-corrected chi connectivity index (χ3v) is 3.86. The molecule has 3 rings (SSSR count). The lowest BCUT2D eigenvalue weighted by Crippen LogP contribution is -2.12. The fourth-order valence-corrected chi connectivity index (χ4v) is 2.62. The van der Waals surface area contributed by atoms with E-state index in [1.54, 1.807) is 30.5 Å². The number of nitrogens with two attached hydrogens (primary N) is 1. The molecule has 0 aliphatic heterocycles. The first-order chi connectivity index (χ1) is 11.5. The van der Waals surface area contributed by atoms with Gasteiger partial charge in [0.2, 0.25) is 0 Å². The third kappa shape index (κ3) is 2.91. The summed E-state index contributed by atoms with van der Waals surface area (Å²) in [6, 6.07) is 9.64. The fraction of sp³-hybridized carbons (Fsp3) is 0.0588. The number of halogens is 1. The number of nitrogens with zero attached hydrogens (tertiary/aromatic N) is 1. The van der Waals surface area contributed by atoms with E-state index in [-0.39, 0.29) is 11.3 Å². The van der Waals surface area contributed by atoms with Crippen LogP contribution < -0.4 is 15.8 Å². The number of phenolic OH excluding ortho intramolecular Hbond substituents is 1. The van der Waals surface area contributed by atoms with Crippen LogP contribution in [0, 0.1) is 0 Å². The average Bonchev–Trinajstić information content (AvgIpc) is 2.56. The molecule has 7 heteroatoms. The maximum absolute atomic E-state index is 11.6. The molecular formula is C17H14ClN3O3. The smallest absolute Gasteiger partial charge is 0.252 e. The van der Waals surface area contributed by atoms with E-state index in [1.807, 2.05) is 0 Å². The summed E-state index contributed by atoms with van der Waals surface area (Å²) in [6.07, 6.45) is 1.63. The van der Waals surface area contributed by atoms with Gasteiger partial charge in [-0.1, -0.05) is 11.6 Å². The number of nitrogens with one attached hydrogen (secondary N) is 1. The van der Waals surface area contributed by atoms with Gasteiger partial charge >= 0.3 is 0 Å². The fourth-order valence-electron chi connectivity index (χ4n) is 2.39. The largest absolute Gasteiger partial charge is 0.508 e. The van der Waals surface area contributed by atoms with Gasteiger partial charge in [0.25, 0.3) is 5.91 Å². The monoisotopic (exact) mass is 343 g/mol. The number of primary amides is 1. The summed E-state index contributed by atoms with van der Waals surface area (Å²) in [5, 5.41) is 13.7. The van der Waals surface area contributed by atoms with Crippen LogP contribution in [0.5, 0.6) is 11.5 Å². The quantitative estimate of drug-likeness (QED) is 0.630. The number of anilines is 2. The Labute approximate surface area is 142 Å². The van der Waals surface area contributed by atoms with Gasteiger partial charge in [-0.25, -0.2) is 0 Å². The van der Waals surface area contributed by atoms with Gasteiger partial charge in [0.05, 0.1) is 28.9 Å². The van der Waals surface area contributed by atoms with Gasteiger partial charge in [0.15, 0.2) is 0 Å². The van der Waals surface area contributed by atoms with Crippen molar-refractivity contribution in [1.29, 1.82) is 0 Å². The number of carbonyl (C=O) groups excluding carboxylic acids is 1. The number of hydrogen-bond acceptors (Lipinski definition) is 5. The molecule has 0 saturated heterocycles. The second-order valence-electron chi connectivity index (χ2n) is 5.08. The van der Waals surface area contributed by atoms with Gasteiger partial charge in [0, 0.05) is 29.4 Å². The van der Waals surface area contributed by atoms with E-state index in [0.717, 1.165) is 0 Å². The Kier molecular flexibility index (Phi) is 4.14. The van der Waals surface area contributed by atoms with Gasteiger partial charge < -0.3 is 20.9 Å². The number of phenols is 1. The number of pyridine rings is 1. The highest BCUT2D eigenvalue weighted by Crippen LogP contribution is 2.33. The van der Waals surface area contributed by atoms with Gasteiger partial charge in [-0.2, -0.15) is 0 Å². The summed E-state index contributed by atoms with van der Waals surface area (Å²) in [5.41, 5.74) is 7.62. The molecule has 1 heterocycles. The van der Waals surface area contributed by atoms with Gasteiger partial charge in [-0.3, -0.25) is 9.78 Å². The Balaban J connectivity index is 2.14. The first-order valence-electron chi connectivity index (χ1n) is 7.01. The number of ether oxygens (including phenoxy) is 1. The van der Waals surface area contributed by atoms with Gasteiger partial charge in [-0.15, -0.1) is 0 Å². The number of benzene rings is 2. The zero-order valence-electron chi connectivity index (χ0n) is 12.7. The molecule has 1 amide bonds. The normalized spacial score (nSPS) is 10.6. The van der Waals surface area contributed by atoms with Gasteiger partial charge in [0.1, 0.15) is 11.5 Å². The molecular weight excluding hydrogens is 330 g/mol. The zero-order valence-corrected chi connectivity index (χ0v) is 13.5. The van der Waals surface area contributed by atoms with Crippen molar-refractivity contribution >= 4 is 39.8 Å². The highest BCUT2D eigenvalue weighted by atomic mass is 35.5. The van der Waals surface area contributed by atoms with E-state index in [9.17, 15) is 9.90 Å². The van der Waals surface area contributed by atoms with E-state index in [0.29, 0.717) is 33.0 Å². The van der Waals surface area contributed by atoms with E-state index in [1.165, 1.54) is 19.2 Å². The number of amides is 1. The summed E-state index contributed by atoms with van der Waals surface area (Å²) >= 11 is 6.13. The zero-order chi connectivity index (χ0) is 17.3. The van der Waals surface area contributed by atoms with Crippen molar-refractivity contribution in [3.05, 3.63) is 53.2 Å². The molecule has 0 spiro atoms. The predicted molar refractivity (Wildman–Crippen MR) is 93.2 cm³/mol. The maximum atomic E-state index is 11.6. The number of fused-ring (bicyclic) bond motifs is 1. The number of rotatable bonds is 4. The van der Waals surface area contributed by atoms with Crippen LogP contribution in [0.1, 0.15) is 10.4 Å². The Morgan fingerprint density at radius 2 is 2.04 bits per heavy atom. The van der Waals surface area contributed by atoms with Crippen LogP contribution in [0.2, 0.25) is 5.02 Å². The first-order valence-corrected chi connectivity index (χ1v) is 7.39. The molecule has 1 aromatic heterocycles. The van der Waals surface area contributed by atoms with E-state index in [2.05, 4.69) is 10.3 Å². The van der Waals surface area contributed by atoms with E-state index < -0.39 is 5.91 Å². The number of aromatic nitrogens is 1. The third-order valence-electron chi connectivity index (χ3n) is 3.55. The number of methoxy groups -OCH3 is 1. The van der Waals surface area contributed by atoms with Crippen molar-refractivity contribution in [1.82, 2.24) is 4.98 Å². The van der Waals surface area contributed by atoms with Crippen LogP contribution in [0.25, 0.3) is 10.9 Å². The number of carbonyl (C=O) groups is 1. The second kappa shape index (κ2) is 6.25. The second-order valence-corrected chi connectivity index (χ2v) is 5.49. The van der Waals surface area contributed by atoms with Crippen LogP contribution in [0.3, 0.4) is 0 Å². The molecule has 0 unspecified atom stereocenters. The summed E-state index contributed by atoms with van der Waals surface area (Å²) in [5.74, 6) is -0.153. The molecule has 2 aromatic carbocycles. The minimum absolute atomic E-state index is 0.0749. The minimum Gasteiger partial charge on any atom is -0.508 e. The highest BCUT2D eigenvalue weighted by molar-refractivity contribution is 6.33. The summed E-state index contributed by atoms with van der Waals surface area (Å²) in [6.45, 7) is 0. The van der Waals surface area contributed by atoms with E-state index in [4.69, 9.17) is 22.1 Å². The van der Waals surface area contributed by atoms with Crippen LogP contribution in [0.4, 0.5) is 11.4 Å². The molecule has 0 bridgehead atoms. The standard InChI is InChI=1S/C17H14ClN3O3/c1-24-16-8-15-10(7-11(16)17(19)23)13(4-5-20-15)21-14-3-2-9(22)6-12(14)18/h2-8,22H,1H3,(H2,19,23)(H,20,21). The van der Waals surface area contributed by atoms with Gasteiger partial charge in [-0.05, 0) is 24.3 Å². The molecule has 24 heavy (non-hydrogen) atoms. The van der Waals surface area contributed by atoms with Crippen molar-refractivity contribution in [3.63, 3.8) is 0 Å². The average molecular weight is 344 g/mol. The molecule has 4 N–H and O–H groups in total. The number of aromatic hydroxyl groups is 1. The highest BCUT2D eigenvalue weighted by Gasteiger charge is 2.14. The molecule has 0 atom stereocenters. The van der Waals surface area contributed by atoms with Crippen molar-refractivity contribution in [2.75, 3.05) is 12.4 Å². The molecule has 0 aliphatic rings. The predicted octanol–water partition coefficient (Wildman–Crippen LogP) is 3.44. The SMILES string of the molecule is COc1cc2nccc(Nc3ccc(O)cc3Cl)c2cc1C(N)=O. The molecule has 0 saturated carbocycles. The summed E-state index contributed by atoms with van der Waals surface area (Å²) < 4.78 is 5.20. The van der Waals surface area contributed by atoms with Crippen molar-refractivity contribution < 1.29 is 14.6 Å². The van der Waals surface area contributed by atoms with Crippen LogP contribution >= 0.6 is 11.6 Å². The Morgan fingerprint density at radius 1 is 1.25 bits per heavy atom. The molecule has 3 aromatic rings. The van der Waals surface area contributed by atoms with E-state index >= 15 is 0 Å². The lowest BCUT2D eigenvalue weighted by molar-refractivity contribution is 0.0997. The van der Waals surface area contributed by atoms with Crippen LogP contribution in [-0.2, 0) is 0 Å². The Morgan fingerprint density at radius 3 is 2.71 bits per heavy atom. The Bertz CT molecular complexity index is 944. The summed E-state index contributed by atoms with van der Waals surface area (Å²) in [4.78, 5) is 15.9. The van der Waals surface area contributed by atoms with Crippen LogP contribution in [0.15, 0.2) is 42.6 Å². The molecule has 6 nitrogen and oxygen atoms in total. The maximum Gasteiger partial charge on any atom is 0.252 e. The topological polar surface area (TPSA) is 97.5 Å². The molecule has 0 fully saturated rings.